The van der Waals surface area contributed by atoms with Crippen LogP contribution in [-0.2, 0) is 20.0 Å². The molecule has 2 heterocycles. The first-order chi connectivity index (χ1) is 11.9. The molecular weight excluding hydrogens is 393 g/mol. The van der Waals surface area contributed by atoms with Gasteiger partial charge in [-0.2, -0.15) is 0 Å². The van der Waals surface area contributed by atoms with Gasteiger partial charge in [-0.1, -0.05) is 12.1 Å². The van der Waals surface area contributed by atoms with Crippen molar-refractivity contribution in [3.05, 3.63) is 56.3 Å². The van der Waals surface area contributed by atoms with Crippen LogP contribution in [-0.4, -0.2) is 30.9 Å². The molecule has 0 saturated carbocycles. The number of aryl methyl sites for hydroxylation is 1. The summed E-state index contributed by atoms with van der Waals surface area (Å²) in [6, 6.07) is 6.04. The topological polar surface area (TPSA) is 80.3 Å². The van der Waals surface area contributed by atoms with Gasteiger partial charge in [-0.05, 0) is 46.5 Å². The molecule has 2 aromatic heterocycles. The number of fused-ring (bicyclic) bond motifs is 1. The van der Waals surface area contributed by atoms with Gasteiger partial charge in [0.25, 0.3) is 5.56 Å². The van der Waals surface area contributed by atoms with Gasteiger partial charge in [0.15, 0.2) is 16.1 Å². The summed E-state index contributed by atoms with van der Waals surface area (Å²) in [7, 11) is 1.59. The number of aromatic nitrogens is 3. The molecule has 0 amide bonds. The van der Waals surface area contributed by atoms with Crippen LogP contribution < -0.4 is 5.56 Å². The number of benzene rings is 1. The minimum absolute atomic E-state index is 0.0703. The Kier molecular flexibility index (Phi) is 4.91. The lowest BCUT2D eigenvalue weighted by Gasteiger charge is -2.11. The van der Waals surface area contributed by atoms with Crippen LogP contribution in [0, 0.1) is 5.82 Å². The number of aliphatic hydroxyl groups is 1. The summed E-state index contributed by atoms with van der Waals surface area (Å²) in [4.78, 5) is 16.8. The maximum absolute atomic E-state index is 13.1. The minimum Gasteiger partial charge on any atom is -0.505 e. The monoisotopic (exact) mass is 409 g/mol. The number of nitrogens with zero attached hydrogens (tertiary/aromatic N) is 3. The van der Waals surface area contributed by atoms with E-state index in [1.807, 2.05) is 0 Å². The molecule has 8 heteroatoms. The van der Waals surface area contributed by atoms with E-state index >= 15 is 0 Å². The van der Waals surface area contributed by atoms with Crippen molar-refractivity contribution in [1.29, 1.82) is 0 Å². The second-order valence-electron chi connectivity index (χ2n) is 5.78. The minimum atomic E-state index is -0.336. The lowest BCUT2D eigenvalue weighted by atomic mass is 10.1. The summed E-state index contributed by atoms with van der Waals surface area (Å²) < 4.78 is 16.7. The zero-order chi connectivity index (χ0) is 18.1. The number of aromatic hydroxyl groups is 1. The number of hydrogen-bond acceptors (Lipinski definition) is 4. The zero-order valence-electron chi connectivity index (χ0n) is 13.5. The molecule has 1 aromatic carbocycles. The molecule has 2 N–H and O–H groups in total. The van der Waals surface area contributed by atoms with E-state index in [1.165, 1.54) is 16.7 Å². The van der Waals surface area contributed by atoms with Crippen LogP contribution in [0.2, 0.25) is 0 Å². The highest BCUT2D eigenvalue weighted by Gasteiger charge is 2.21. The van der Waals surface area contributed by atoms with Crippen LogP contribution in [0.5, 0.6) is 5.75 Å². The maximum Gasteiger partial charge on any atom is 0.258 e. The van der Waals surface area contributed by atoms with Gasteiger partial charge in [0, 0.05) is 13.7 Å². The second kappa shape index (κ2) is 6.97. The first-order valence-corrected chi connectivity index (χ1v) is 8.55. The van der Waals surface area contributed by atoms with Crippen molar-refractivity contribution in [3.8, 4) is 5.75 Å². The Morgan fingerprint density at radius 2 is 1.96 bits per heavy atom. The van der Waals surface area contributed by atoms with Gasteiger partial charge < -0.3 is 14.8 Å². The Bertz CT molecular complexity index is 980. The van der Waals surface area contributed by atoms with Crippen molar-refractivity contribution in [2.24, 2.45) is 7.05 Å². The summed E-state index contributed by atoms with van der Waals surface area (Å²) >= 11 is 3.36. The standard InChI is InChI=1S/C17H17BrFN3O3/c1-21-15-13(14(24)12(16(21)25)3-2-8-23)22(17(18)20-15)9-10-4-6-11(19)7-5-10/h4-7,23-24H,2-3,8-9H2,1H3. The molecule has 6 nitrogen and oxygen atoms in total. The van der Waals surface area contributed by atoms with Gasteiger partial charge in [0.1, 0.15) is 11.3 Å². The third-order valence-corrected chi connectivity index (χ3v) is 4.74. The van der Waals surface area contributed by atoms with E-state index in [0.29, 0.717) is 28.9 Å². The van der Waals surface area contributed by atoms with Gasteiger partial charge in [0.05, 0.1) is 12.1 Å². The highest BCUT2D eigenvalue weighted by Crippen LogP contribution is 2.30. The highest BCUT2D eigenvalue weighted by atomic mass is 79.9. The van der Waals surface area contributed by atoms with Gasteiger partial charge in [0.2, 0.25) is 0 Å². The van der Waals surface area contributed by atoms with Crippen LogP contribution in [0.3, 0.4) is 0 Å². The second-order valence-corrected chi connectivity index (χ2v) is 6.49. The Morgan fingerprint density at radius 1 is 1.28 bits per heavy atom. The van der Waals surface area contributed by atoms with Crippen LogP contribution >= 0.6 is 15.9 Å². The van der Waals surface area contributed by atoms with Crippen molar-refractivity contribution >= 4 is 27.1 Å². The number of halogens is 2. The quantitative estimate of drug-likeness (QED) is 0.677. The van der Waals surface area contributed by atoms with Crippen LogP contribution in [0.15, 0.2) is 33.8 Å². The van der Waals surface area contributed by atoms with E-state index < -0.39 is 0 Å². The number of rotatable bonds is 5. The molecule has 0 aliphatic heterocycles. The molecular formula is C17H17BrFN3O3. The van der Waals surface area contributed by atoms with Crippen molar-refractivity contribution in [1.82, 2.24) is 14.1 Å². The molecule has 0 saturated heterocycles. The van der Waals surface area contributed by atoms with Crippen molar-refractivity contribution in [2.45, 2.75) is 19.4 Å². The van der Waals surface area contributed by atoms with Crippen molar-refractivity contribution in [3.63, 3.8) is 0 Å². The third kappa shape index (κ3) is 3.19. The predicted molar refractivity (Wildman–Crippen MR) is 95.2 cm³/mol. The number of hydrogen-bond donors (Lipinski definition) is 2. The van der Waals surface area contributed by atoms with E-state index in [4.69, 9.17) is 5.11 Å². The summed E-state index contributed by atoms with van der Waals surface area (Å²) in [5, 5.41) is 19.7. The number of aliphatic hydroxyl groups excluding tert-OH is 1. The van der Waals surface area contributed by atoms with E-state index in [9.17, 15) is 14.3 Å². The van der Waals surface area contributed by atoms with Crippen LogP contribution in [0.25, 0.3) is 11.2 Å². The summed E-state index contributed by atoms with van der Waals surface area (Å²) in [5.41, 5.74) is 1.51. The molecule has 0 unspecified atom stereocenters. The van der Waals surface area contributed by atoms with Gasteiger partial charge >= 0.3 is 0 Å². The lowest BCUT2D eigenvalue weighted by Crippen LogP contribution is -2.22. The Morgan fingerprint density at radius 3 is 2.60 bits per heavy atom. The summed E-state index contributed by atoms with van der Waals surface area (Å²) in [5.74, 6) is -0.457. The molecule has 132 valence electrons. The Hall–Kier alpha value is -2.19. The molecule has 0 radical (unpaired) electrons. The highest BCUT2D eigenvalue weighted by molar-refractivity contribution is 9.10. The molecule has 0 aliphatic rings. The zero-order valence-corrected chi connectivity index (χ0v) is 15.1. The van der Waals surface area contributed by atoms with E-state index in [-0.39, 0.29) is 35.7 Å². The van der Waals surface area contributed by atoms with E-state index in [2.05, 4.69) is 20.9 Å². The smallest absolute Gasteiger partial charge is 0.258 e. The number of pyridine rings is 1. The Balaban J connectivity index is 2.18. The fraction of sp³-hybridized carbons (Fsp3) is 0.294. The van der Waals surface area contributed by atoms with E-state index in [1.54, 1.807) is 23.7 Å². The molecule has 0 atom stereocenters. The third-order valence-electron chi connectivity index (χ3n) is 4.13. The van der Waals surface area contributed by atoms with Crippen molar-refractivity contribution in [2.75, 3.05) is 6.61 Å². The molecule has 0 bridgehead atoms. The normalized spacial score (nSPS) is 11.4. The van der Waals surface area contributed by atoms with E-state index in [0.717, 1.165) is 5.56 Å². The fourth-order valence-electron chi connectivity index (χ4n) is 2.82. The maximum atomic E-state index is 13.1. The van der Waals surface area contributed by atoms with Crippen LogP contribution in [0.1, 0.15) is 17.5 Å². The summed E-state index contributed by atoms with van der Waals surface area (Å²) in [6.45, 7) is 0.279. The van der Waals surface area contributed by atoms with Crippen LogP contribution in [0.4, 0.5) is 4.39 Å². The molecule has 0 fully saturated rings. The lowest BCUT2D eigenvalue weighted by molar-refractivity contribution is 0.287. The first-order valence-electron chi connectivity index (χ1n) is 7.76. The number of imidazole rings is 1. The molecule has 3 aromatic rings. The SMILES string of the molecule is Cn1c(=O)c(CCCO)c(O)c2c1nc(Br)n2Cc1ccc(F)cc1. The molecule has 0 aliphatic carbocycles. The molecule has 0 spiro atoms. The van der Waals surface area contributed by atoms with Gasteiger partial charge in [-0.15, -0.1) is 0 Å². The average Bonchev–Trinajstić information content (AvgIpc) is 2.92. The predicted octanol–water partition coefficient (Wildman–Crippen LogP) is 2.32. The molecule has 25 heavy (non-hydrogen) atoms. The van der Waals surface area contributed by atoms with Gasteiger partial charge in [-0.3, -0.25) is 9.36 Å². The molecule has 3 rings (SSSR count). The largest absolute Gasteiger partial charge is 0.505 e. The Labute approximate surface area is 151 Å². The summed E-state index contributed by atoms with van der Waals surface area (Å²) in [6.07, 6.45) is 0.645. The van der Waals surface area contributed by atoms with Crippen molar-refractivity contribution < 1.29 is 14.6 Å². The average molecular weight is 410 g/mol. The first kappa shape index (κ1) is 17.6. The van der Waals surface area contributed by atoms with Gasteiger partial charge in [-0.25, -0.2) is 9.37 Å². The fourth-order valence-corrected chi connectivity index (χ4v) is 3.29.